The number of nitrogens with zero attached hydrogens (tertiary/aromatic N) is 2. The molecular weight excluding hydrogens is 289 g/mol. The van der Waals surface area contributed by atoms with E-state index < -0.39 is 11.7 Å². The van der Waals surface area contributed by atoms with Crippen molar-refractivity contribution in [2.24, 2.45) is 0 Å². The number of alkyl halides is 3. The van der Waals surface area contributed by atoms with Gasteiger partial charge in [0.2, 0.25) is 0 Å². The number of rotatable bonds is 2. The predicted molar refractivity (Wildman–Crippen MR) is 69.0 cm³/mol. The Balaban J connectivity index is 2.63. The zero-order chi connectivity index (χ0) is 14.8. The van der Waals surface area contributed by atoms with E-state index in [0.29, 0.717) is 5.69 Å². The molecule has 2 rings (SSSR count). The van der Waals surface area contributed by atoms with Crippen molar-refractivity contribution in [2.75, 3.05) is 0 Å². The van der Waals surface area contributed by atoms with Crippen LogP contribution in [0.2, 0.25) is 5.02 Å². The average molecular weight is 297 g/mol. The second kappa shape index (κ2) is 5.51. The van der Waals surface area contributed by atoms with Crippen molar-refractivity contribution in [3.63, 3.8) is 0 Å². The molecule has 0 radical (unpaired) electrons. The van der Waals surface area contributed by atoms with E-state index in [1.165, 1.54) is 30.3 Å². The van der Waals surface area contributed by atoms with Gasteiger partial charge >= 0.3 is 6.18 Å². The third kappa shape index (κ3) is 2.91. The number of aromatic nitrogens is 1. The summed E-state index contributed by atoms with van der Waals surface area (Å²) < 4.78 is 39.0. The van der Waals surface area contributed by atoms with Crippen LogP contribution < -0.4 is 0 Å². The van der Waals surface area contributed by atoms with Crippen molar-refractivity contribution >= 4 is 11.6 Å². The van der Waals surface area contributed by atoms with Crippen molar-refractivity contribution < 1.29 is 13.2 Å². The average Bonchev–Trinajstić information content (AvgIpc) is 2.40. The van der Waals surface area contributed by atoms with Crippen LogP contribution in [-0.4, -0.2) is 4.98 Å². The van der Waals surface area contributed by atoms with Gasteiger partial charge in [0.05, 0.1) is 34.5 Å². The summed E-state index contributed by atoms with van der Waals surface area (Å²) in [4.78, 5) is 4.05. The van der Waals surface area contributed by atoms with Gasteiger partial charge in [0.25, 0.3) is 0 Å². The molecule has 0 spiro atoms. The molecule has 1 heterocycles. The second-order valence-electron chi connectivity index (χ2n) is 4.01. The minimum atomic E-state index is -4.49. The minimum Gasteiger partial charge on any atom is -0.250 e. The summed E-state index contributed by atoms with van der Waals surface area (Å²) in [5, 5.41) is 8.75. The first-order chi connectivity index (χ1) is 9.43. The molecule has 0 N–H and O–H groups in total. The molecule has 0 aliphatic carbocycles. The van der Waals surface area contributed by atoms with Crippen LogP contribution in [0.5, 0.6) is 0 Å². The number of nitriles is 1. The molecule has 0 unspecified atom stereocenters. The lowest BCUT2D eigenvalue weighted by molar-refractivity contribution is -0.137. The summed E-state index contributed by atoms with van der Waals surface area (Å²) in [5.74, 6) is 0. The van der Waals surface area contributed by atoms with Gasteiger partial charge in [0.15, 0.2) is 0 Å². The molecule has 6 heteroatoms. The number of pyridine rings is 1. The van der Waals surface area contributed by atoms with Crippen molar-refractivity contribution in [3.8, 4) is 17.3 Å². The van der Waals surface area contributed by atoms with Crippen molar-refractivity contribution in [2.45, 2.75) is 12.6 Å². The molecule has 0 saturated carbocycles. The molecule has 0 amide bonds. The van der Waals surface area contributed by atoms with E-state index in [4.69, 9.17) is 16.9 Å². The summed E-state index contributed by atoms with van der Waals surface area (Å²) in [6, 6.07) is 9.95. The quantitative estimate of drug-likeness (QED) is 0.819. The topological polar surface area (TPSA) is 36.7 Å². The smallest absolute Gasteiger partial charge is 0.250 e. The number of halogens is 4. The maximum Gasteiger partial charge on any atom is 0.417 e. The first-order valence-corrected chi connectivity index (χ1v) is 6.00. The van der Waals surface area contributed by atoms with Crippen LogP contribution in [0.25, 0.3) is 11.3 Å². The number of hydrogen-bond donors (Lipinski definition) is 0. The fraction of sp³-hybridized carbons (Fsp3) is 0.143. The lowest BCUT2D eigenvalue weighted by Gasteiger charge is -2.13. The number of benzene rings is 1. The van der Waals surface area contributed by atoms with Crippen LogP contribution in [0.4, 0.5) is 13.2 Å². The van der Waals surface area contributed by atoms with E-state index in [2.05, 4.69) is 4.98 Å². The third-order valence-electron chi connectivity index (χ3n) is 2.65. The molecule has 1 aromatic carbocycles. The molecule has 0 fully saturated rings. The molecule has 20 heavy (non-hydrogen) atoms. The van der Waals surface area contributed by atoms with E-state index in [0.717, 1.165) is 6.07 Å². The van der Waals surface area contributed by atoms with E-state index in [1.54, 1.807) is 0 Å². The molecule has 0 saturated heterocycles. The highest BCUT2D eigenvalue weighted by atomic mass is 35.5. The Labute approximate surface area is 118 Å². The van der Waals surface area contributed by atoms with Crippen LogP contribution in [0.15, 0.2) is 36.4 Å². The molecular formula is C14H8ClF3N2. The molecule has 0 aliphatic heterocycles. The Hall–Kier alpha value is -2.06. The summed E-state index contributed by atoms with van der Waals surface area (Å²) in [5.41, 5.74) is -0.482. The molecule has 1 aromatic heterocycles. The minimum absolute atomic E-state index is 0.0123. The van der Waals surface area contributed by atoms with Gasteiger partial charge in [0.1, 0.15) is 0 Å². The largest absolute Gasteiger partial charge is 0.417 e. The van der Waals surface area contributed by atoms with Crippen molar-refractivity contribution in [1.82, 2.24) is 4.98 Å². The van der Waals surface area contributed by atoms with Gasteiger partial charge in [0, 0.05) is 5.56 Å². The standard InChI is InChI=1S/C14H8ClF3N2/c15-12-6-5-9(7-8-19)20-13(12)10-3-1-2-4-11(10)14(16,17)18/h1-6H,7H2. The summed E-state index contributed by atoms with van der Waals surface area (Å²) in [7, 11) is 0. The molecule has 0 bridgehead atoms. The van der Waals surface area contributed by atoms with Crippen LogP contribution in [-0.2, 0) is 12.6 Å². The SMILES string of the molecule is N#CCc1ccc(Cl)c(-c2ccccc2C(F)(F)F)n1. The Morgan fingerprint density at radius 2 is 1.85 bits per heavy atom. The fourth-order valence-electron chi connectivity index (χ4n) is 1.79. The van der Waals surface area contributed by atoms with Gasteiger partial charge in [-0.1, -0.05) is 29.8 Å². The van der Waals surface area contributed by atoms with Crippen LogP contribution in [0.1, 0.15) is 11.3 Å². The number of hydrogen-bond acceptors (Lipinski definition) is 2. The first-order valence-electron chi connectivity index (χ1n) is 5.62. The summed E-state index contributed by atoms with van der Waals surface area (Å²) >= 11 is 5.94. The van der Waals surface area contributed by atoms with Crippen LogP contribution >= 0.6 is 11.6 Å². The molecule has 2 nitrogen and oxygen atoms in total. The Morgan fingerprint density at radius 3 is 2.50 bits per heavy atom. The van der Waals surface area contributed by atoms with Gasteiger partial charge in [-0.2, -0.15) is 18.4 Å². The molecule has 0 aliphatic rings. The molecule has 0 atom stereocenters. The third-order valence-corrected chi connectivity index (χ3v) is 2.96. The fourth-order valence-corrected chi connectivity index (χ4v) is 1.99. The lowest BCUT2D eigenvalue weighted by Crippen LogP contribution is -2.08. The lowest BCUT2D eigenvalue weighted by atomic mass is 10.0. The van der Waals surface area contributed by atoms with E-state index in [-0.39, 0.29) is 22.7 Å². The van der Waals surface area contributed by atoms with Crippen molar-refractivity contribution in [3.05, 3.63) is 52.7 Å². The summed E-state index contributed by atoms with van der Waals surface area (Å²) in [6.07, 6.45) is -4.48. The van der Waals surface area contributed by atoms with E-state index >= 15 is 0 Å². The Morgan fingerprint density at radius 1 is 1.15 bits per heavy atom. The predicted octanol–water partition coefficient (Wildman–Crippen LogP) is 4.49. The maximum absolute atomic E-state index is 13.0. The first kappa shape index (κ1) is 14.4. The van der Waals surface area contributed by atoms with E-state index in [1.807, 2.05) is 6.07 Å². The Kier molecular flexibility index (Phi) is 3.96. The molecule has 102 valence electrons. The van der Waals surface area contributed by atoms with Gasteiger partial charge in [-0.3, -0.25) is 4.98 Å². The maximum atomic E-state index is 13.0. The van der Waals surface area contributed by atoms with Crippen LogP contribution in [0.3, 0.4) is 0 Å². The van der Waals surface area contributed by atoms with Gasteiger partial charge in [-0.05, 0) is 18.2 Å². The Bertz CT molecular complexity index is 675. The highest BCUT2D eigenvalue weighted by Gasteiger charge is 2.34. The zero-order valence-corrected chi connectivity index (χ0v) is 10.8. The van der Waals surface area contributed by atoms with Gasteiger partial charge < -0.3 is 0 Å². The summed E-state index contributed by atoms with van der Waals surface area (Å²) in [6.45, 7) is 0. The van der Waals surface area contributed by atoms with Crippen molar-refractivity contribution in [1.29, 1.82) is 5.26 Å². The highest BCUT2D eigenvalue weighted by Crippen LogP contribution is 2.38. The van der Waals surface area contributed by atoms with Crippen LogP contribution in [0, 0.1) is 11.3 Å². The van der Waals surface area contributed by atoms with Gasteiger partial charge in [-0.25, -0.2) is 0 Å². The highest BCUT2D eigenvalue weighted by molar-refractivity contribution is 6.33. The van der Waals surface area contributed by atoms with E-state index in [9.17, 15) is 13.2 Å². The normalized spacial score (nSPS) is 11.2. The zero-order valence-electron chi connectivity index (χ0n) is 10.1. The molecule has 2 aromatic rings. The monoisotopic (exact) mass is 296 g/mol. The second-order valence-corrected chi connectivity index (χ2v) is 4.42. The van der Waals surface area contributed by atoms with Gasteiger partial charge in [-0.15, -0.1) is 0 Å².